The van der Waals surface area contributed by atoms with Crippen molar-refractivity contribution in [1.82, 2.24) is 19.9 Å². The molecule has 1 aliphatic heterocycles. The van der Waals surface area contributed by atoms with Crippen molar-refractivity contribution < 1.29 is 9.18 Å². The lowest BCUT2D eigenvalue weighted by atomic mass is 10.2. The molecule has 4 rings (SSSR count). The summed E-state index contributed by atoms with van der Waals surface area (Å²) in [7, 11) is 0. The van der Waals surface area contributed by atoms with Crippen molar-refractivity contribution in [1.29, 1.82) is 0 Å². The fraction of sp³-hybridized carbons (Fsp3) is 0.400. The highest BCUT2D eigenvalue weighted by molar-refractivity contribution is 7.17. The molecule has 1 fully saturated rings. The number of pyridine rings is 1. The van der Waals surface area contributed by atoms with Crippen LogP contribution < -0.4 is 5.32 Å². The highest BCUT2D eigenvalue weighted by Crippen LogP contribution is 2.27. The van der Waals surface area contributed by atoms with E-state index in [2.05, 4.69) is 20.3 Å². The second-order valence-corrected chi connectivity index (χ2v) is 7.20. The topological polar surface area (TPSA) is 71.0 Å². The van der Waals surface area contributed by atoms with Gasteiger partial charge >= 0.3 is 0 Å². The first-order chi connectivity index (χ1) is 13.6. The minimum absolute atomic E-state index is 0.114. The largest absolute Gasteiger partial charge is 0.346 e. The number of likely N-dealkylation sites (tertiary alicyclic amines) is 1. The molecule has 0 radical (unpaired) electrons. The maximum Gasteiger partial charge on any atom is 0.274 e. The van der Waals surface area contributed by atoms with Crippen LogP contribution in [0.5, 0.6) is 0 Å². The minimum atomic E-state index is -0.957. The first-order valence-electron chi connectivity index (χ1n) is 9.48. The first-order valence-corrected chi connectivity index (χ1v) is 10.4. The van der Waals surface area contributed by atoms with Crippen molar-refractivity contribution in [3.63, 3.8) is 0 Å². The number of alkyl halides is 1. The fourth-order valence-electron chi connectivity index (χ4n) is 3.02. The minimum Gasteiger partial charge on any atom is -0.346 e. The fourth-order valence-corrected chi connectivity index (χ4v) is 3.84. The molecule has 1 saturated heterocycles. The van der Waals surface area contributed by atoms with Crippen LogP contribution >= 0.6 is 11.3 Å². The molecule has 0 spiro atoms. The van der Waals surface area contributed by atoms with E-state index in [-0.39, 0.29) is 18.5 Å². The Bertz CT molecular complexity index is 933. The Morgan fingerprint density at radius 1 is 1.32 bits per heavy atom. The normalized spacial score (nSPS) is 17.1. The first kappa shape index (κ1) is 20.1. The molecule has 0 bridgehead atoms. The van der Waals surface area contributed by atoms with Crippen molar-refractivity contribution in [3.05, 3.63) is 47.2 Å². The van der Waals surface area contributed by atoms with Gasteiger partial charge in [-0.05, 0) is 36.9 Å². The molecule has 3 aromatic rings. The summed E-state index contributed by atoms with van der Waals surface area (Å²) in [5.74, 6) is 0.127. The van der Waals surface area contributed by atoms with Gasteiger partial charge in [0.2, 0.25) is 5.95 Å². The number of carbonyl (C=O) groups excluding carboxylic acids is 1. The molecular formula is C20H24FN5OS. The van der Waals surface area contributed by atoms with E-state index in [1.807, 2.05) is 50.4 Å². The van der Waals surface area contributed by atoms with Crippen LogP contribution in [0.15, 0.2) is 35.8 Å². The number of nitrogens with one attached hydrogen (secondary N) is 1. The van der Waals surface area contributed by atoms with E-state index in [9.17, 15) is 9.18 Å². The van der Waals surface area contributed by atoms with Gasteiger partial charge in [0.15, 0.2) is 5.69 Å². The summed E-state index contributed by atoms with van der Waals surface area (Å²) in [6.45, 7) is 6.51. The predicted octanol–water partition coefficient (Wildman–Crippen LogP) is 4.47. The van der Waals surface area contributed by atoms with Crippen LogP contribution in [0.25, 0.3) is 10.2 Å². The molecule has 0 aliphatic carbocycles. The van der Waals surface area contributed by atoms with Crippen LogP contribution in [0.3, 0.4) is 0 Å². The van der Waals surface area contributed by atoms with E-state index < -0.39 is 6.17 Å². The van der Waals surface area contributed by atoms with E-state index in [1.165, 1.54) is 16.2 Å². The molecule has 6 nitrogen and oxygen atoms in total. The number of anilines is 1. The number of carbonyl (C=O) groups is 1. The molecule has 2 atom stereocenters. The van der Waals surface area contributed by atoms with Gasteiger partial charge in [-0.2, -0.15) is 0 Å². The van der Waals surface area contributed by atoms with Crippen LogP contribution in [0, 0.1) is 0 Å². The third kappa shape index (κ3) is 4.27. The number of fused-ring (bicyclic) bond motifs is 1. The monoisotopic (exact) mass is 401 g/mol. The standard InChI is InChI=1S/C18H18FN5OS.C2H6/c1-11(13-4-2-3-7-20-13)21-18-22-14-6-9-26-16(14)15(23-18)17(25)24-8-5-12(19)10-24;1-2/h2-4,6-7,9,11-12H,5,8,10H2,1H3,(H,21,22,23);1-2H3/t11-,12+;/m0./s1. The summed E-state index contributed by atoms with van der Waals surface area (Å²) in [6, 6.07) is 7.43. The van der Waals surface area contributed by atoms with Gasteiger partial charge in [0, 0.05) is 12.7 Å². The Kier molecular flexibility index (Phi) is 6.51. The Morgan fingerprint density at radius 3 is 2.82 bits per heavy atom. The number of hydrogen-bond donors (Lipinski definition) is 1. The summed E-state index contributed by atoms with van der Waals surface area (Å²) < 4.78 is 14.2. The molecule has 148 valence electrons. The lowest BCUT2D eigenvalue weighted by molar-refractivity contribution is 0.0779. The Hall–Kier alpha value is -2.61. The molecule has 3 aromatic heterocycles. The smallest absolute Gasteiger partial charge is 0.274 e. The van der Waals surface area contributed by atoms with Gasteiger partial charge in [0.1, 0.15) is 6.17 Å². The summed E-state index contributed by atoms with van der Waals surface area (Å²) >= 11 is 1.42. The van der Waals surface area contributed by atoms with E-state index in [0.717, 1.165) is 10.4 Å². The van der Waals surface area contributed by atoms with Gasteiger partial charge in [-0.25, -0.2) is 14.4 Å². The SMILES string of the molecule is CC.C[C@H](Nc1nc(C(=O)N2CC[C@@H](F)C2)c2sccc2n1)c1ccccn1. The van der Waals surface area contributed by atoms with Gasteiger partial charge in [-0.15, -0.1) is 11.3 Å². The van der Waals surface area contributed by atoms with Crippen molar-refractivity contribution in [2.45, 2.75) is 39.4 Å². The molecule has 0 saturated carbocycles. The average molecular weight is 402 g/mol. The number of amides is 1. The summed E-state index contributed by atoms with van der Waals surface area (Å²) in [5, 5.41) is 5.09. The summed E-state index contributed by atoms with van der Waals surface area (Å²) in [5.41, 5.74) is 1.89. The van der Waals surface area contributed by atoms with Crippen LogP contribution in [-0.4, -0.2) is 45.0 Å². The van der Waals surface area contributed by atoms with Crippen LogP contribution in [-0.2, 0) is 0 Å². The van der Waals surface area contributed by atoms with Crippen LogP contribution in [0.1, 0.15) is 49.4 Å². The highest BCUT2D eigenvalue weighted by Gasteiger charge is 2.29. The third-order valence-electron chi connectivity index (χ3n) is 4.40. The van der Waals surface area contributed by atoms with E-state index in [1.54, 1.807) is 6.20 Å². The van der Waals surface area contributed by atoms with E-state index in [4.69, 9.17) is 0 Å². The average Bonchev–Trinajstić information content (AvgIpc) is 3.38. The Morgan fingerprint density at radius 2 is 2.14 bits per heavy atom. The van der Waals surface area contributed by atoms with Gasteiger partial charge in [0.25, 0.3) is 5.91 Å². The Labute approximate surface area is 167 Å². The van der Waals surface area contributed by atoms with Gasteiger partial charge in [-0.1, -0.05) is 19.9 Å². The lowest BCUT2D eigenvalue weighted by Crippen LogP contribution is -2.30. The third-order valence-corrected chi connectivity index (χ3v) is 5.31. The second kappa shape index (κ2) is 9.05. The Balaban J connectivity index is 0.00000109. The molecular weight excluding hydrogens is 377 g/mol. The zero-order valence-electron chi connectivity index (χ0n) is 16.2. The van der Waals surface area contributed by atoms with E-state index >= 15 is 0 Å². The number of aromatic nitrogens is 3. The molecule has 0 unspecified atom stereocenters. The highest BCUT2D eigenvalue weighted by atomic mass is 32.1. The molecule has 1 aliphatic rings. The molecule has 28 heavy (non-hydrogen) atoms. The lowest BCUT2D eigenvalue weighted by Gasteiger charge is -2.17. The van der Waals surface area contributed by atoms with Crippen molar-refractivity contribution in [2.24, 2.45) is 0 Å². The maximum atomic E-state index is 13.5. The van der Waals surface area contributed by atoms with Crippen LogP contribution in [0.2, 0.25) is 0 Å². The zero-order chi connectivity index (χ0) is 20.1. The number of halogens is 1. The zero-order valence-corrected chi connectivity index (χ0v) is 17.0. The molecule has 1 amide bonds. The predicted molar refractivity (Wildman–Crippen MR) is 110 cm³/mol. The summed E-state index contributed by atoms with van der Waals surface area (Å²) in [6.07, 6.45) is 1.15. The second-order valence-electron chi connectivity index (χ2n) is 6.29. The number of thiophene rings is 1. The van der Waals surface area contributed by atoms with Crippen molar-refractivity contribution in [3.8, 4) is 0 Å². The van der Waals surface area contributed by atoms with E-state index in [0.29, 0.717) is 30.1 Å². The number of hydrogen-bond acceptors (Lipinski definition) is 6. The molecule has 8 heteroatoms. The van der Waals surface area contributed by atoms with Gasteiger partial charge in [0.05, 0.1) is 28.5 Å². The van der Waals surface area contributed by atoms with Crippen molar-refractivity contribution >= 4 is 33.4 Å². The molecule has 4 heterocycles. The van der Waals surface area contributed by atoms with Gasteiger partial charge < -0.3 is 10.2 Å². The van der Waals surface area contributed by atoms with Gasteiger partial charge in [-0.3, -0.25) is 9.78 Å². The number of nitrogens with zero attached hydrogens (tertiary/aromatic N) is 4. The molecule has 0 aromatic carbocycles. The maximum absolute atomic E-state index is 13.5. The number of rotatable bonds is 4. The molecule has 1 N–H and O–H groups in total. The quantitative estimate of drug-likeness (QED) is 0.698. The van der Waals surface area contributed by atoms with Crippen molar-refractivity contribution in [2.75, 3.05) is 18.4 Å². The summed E-state index contributed by atoms with van der Waals surface area (Å²) in [4.78, 5) is 27.7. The van der Waals surface area contributed by atoms with Crippen LogP contribution in [0.4, 0.5) is 10.3 Å².